The highest BCUT2D eigenvalue weighted by Gasteiger charge is 2.29. The normalized spacial score (nSPS) is 19.6. The van der Waals surface area contributed by atoms with E-state index in [2.05, 4.69) is 44.3 Å². The molecule has 0 amide bonds. The van der Waals surface area contributed by atoms with Crippen molar-refractivity contribution >= 4 is 5.57 Å². The van der Waals surface area contributed by atoms with Gasteiger partial charge in [0.05, 0.1) is 19.6 Å². The Bertz CT molecular complexity index is 561. The van der Waals surface area contributed by atoms with Crippen LogP contribution in [0.2, 0.25) is 0 Å². The monoisotopic (exact) mass is 334 g/mol. The number of likely N-dealkylation sites (N-methyl/N-ethyl adjacent to an activating group) is 1. The van der Waals surface area contributed by atoms with Crippen LogP contribution in [0.25, 0.3) is 5.57 Å². The number of hydrogen-bond donors (Lipinski definition) is 2. The molecular weight excluding hydrogens is 304 g/mol. The fourth-order valence-electron chi connectivity index (χ4n) is 4.15. The lowest BCUT2D eigenvalue weighted by atomic mass is 9.87. The third-order valence-electron chi connectivity index (χ3n) is 5.57. The van der Waals surface area contributed by atoms with E-state index in [9.17, 15) is 0 Å². The summed E-state index contributed by atoms with van der Waals surface area (Å²) in [7, 11) is 0. The Kier molecular flexibility index (Phi) is 6.70. The van der Waals surface area contributed by atoms with E-state index in [1.165, 1.54) is 50.9 Å². The first-order valence-corrected chi connectivity index (χ1v) is 9.11. The first kappa shape index (κ1) is 18.5. The van der Waals surface area contributed by atoms with E-state index in [1.807, 2.05) is 0 Å². The Balaban J connectivity index is 0.00000192. The van der Waals surface area contributed by atoms with Gasteiger partial charge >= 0.3 is 0 Å². The highest BCUT2D eigenvalue weighted by molar-refractivity contribution is 5.78. The summed E-state index contributed by atoms with van der Waals surface area (Å²) in [4.78, 5) is 1.70. The Morgan fingerprint density at radius 3 is 2.74 bits per heavy atom. The third kappa shape index (κ3) is 3.99. The zero-order valence-electron chi connectivity index (χ0n) is 14.8. The first-order chi connectivity index (χ1) is 10.7. The van der Waals surface area contributed by atoms with E-state index in [1.54, 1.807) is 27.2 Å². The minimum atomic E-state index is 0. The number of halogens is 1. The van der Waals surface area contributed by atoms with Gasteiger partial charge in [-0.1, -0.05) is 23.8 Å². The maximum atomic E-state index is 3.86. The molecule has 0 aromatic heterocycles. The maximum absolute atomic E-state index is 3.86. The van der Waals surface area contributed by atoms with Crippen molar-refractivity contribution in [3.8, 4) is 0 Å². The van der Waals surface area contributed by atoms with Gasteiger partial charge in [0.1, 0.15) is 0 Å². The lowest BCUT2D eigenvalue weighted by Gasteiger charge is -2.27. The molecule has 0 aliphatic heterocycles. The van der Waals surface area contributed by atoms with Gasteiger partial charge in [0.15, 0.2) is 0 Å². The summed E-state index contributed by atoms with van der Waals surface area (Å²) in [5.74, 6) is 0. The van der Waals surface area contributed by atoms with Gasteiger partial charge in [0.2, 0.25) is 0 Å². The predicted molar refractivity (Wildman–Crippen MR) is 94.4 cm³/mol. The number of aryl methyl sites for hydroxylation is 1. The fraction of sp³-hybridized carbons (Fsp3) is 0.600. The molecule has 128 valence electrons. The molecule has 3 rings (SSSR count). The SMILES string of the molecule is CC[NH+](CC)CCNC1CCCC2=C1Cc1ccc(C)cc12.[Cl-]. The molecule has 2 aliphatic carbocycles. The average molecular weight is 335 g/mol. The van der Waals surface area contributed by atoms with Crippen molar-refractivity contribution in [1.82, 2.24) is 5.32 Å². The number of rotatable bonds is 6. The second-order valence-corrected chi connectivity index (χ2v) is 6.95. The molecule has 0 heterocycles. The van der Waals surface area contributed by atoms with Gasteiger partial charge in [0.25, 0.3) is 0 Å². The van der Waals surface area contributed by atoms with Gasteiger partial charge in [0, 0.05) is 12.6 Å². The Hall–Kier alpha value is -0.830. The van der Waals surface area contributed by atoms with Crippen LogP contribution in [0.3, 0.4) is 0 Å². The minimum absolute atomic E-state index is 0. The van der Waals surface area contributed by atoms with Crippen molar-refractivity contribution in [3.05, 3.63) is 40.5 Å². The Morgan fingerprint density at radius 2 is 2.00 bits per heavy atom. The van der Waals surface area contributed by atoms with Crippen LogP contribution < -0.4 is 22.6 Å². The maximum Gasteiger partial charge on any atom is 0.0897 e. The molecule has 0 bridgehead atoms. The summed E-state index contributed by atoms with van der Waals surface area (Å²) in [5, 5.41) is 3.86. The fourth-order valence-corrected chi connectivity index (χ4v) is 4.15. The smallest absolute Gasteiger partial charge is 0.0897 e. The molecule has 1 atom stereocenters. The van der Waals surface area contributed by atoms with Crippen molar-refractivity contribution < 1.29 is 17.3 Å². The van der Waals surface area contributed by atoms with Crippen LogP contribution in [0, 0.1) is 6.92 Å². The van der Waals surface area contributed by atoms with Gasteiger partial charge < -0.3 is 22.6 Å². The van der Waals surface area contributed by atoms with E-state index >= 15 is 0 Å². The highest BCUT2D eigenvalue weighted by Crippen LogP contribution is 2.41. The zero-order valence-corrected chi connectivity index (χ0v) is 15.6. The van der Waals surface area contributed by atoms with Crippen LogP contribution in [-0.4, -0.2) is 32.2 Å². The Labute approximate surface area is 147 Å². The van der Waals surface area contributed by atoms with Crippen molar-refractivity contribution in [1.29, 1.82) is 0 Å². The lowest BCUT2D eigenvalue weighted by molar-refractivity contribution is -0.895. The van der Waals surface area contributed by atoms with Crippen molar-refractivity contribution in [2.24, 2.45) is 0 Å². The van der Waals surface area contributed by atoms with Crippen molar-refractivity contribution in [2.45, 2.75) is 52.5 Å². The van der Waals surface area contributed by atoms with Gasteiger partial charge in [-0.3, -0.25) is 0 Å². The molecule has 23 heavy (non-hydrogen) atoms. The summed E-state index contributed by atoms with van der Waals surface area (Å²) in [6, 6.07) is 7.63. The van der Waals surface area contributed by atoms with E-state index in [0.29, 0.717) is 6.04 Å². The topological polar surface area (TPSA) is 16.5 Å². The molecule has 0 spiro atoms. The molecule has 2 aliphatic rings. The van der Waals surface area contributed by atoms with E-state index in [4.69, 9.17) is 0 Å². The largest absolute Gasteiger partial charge is 1.00 e. The van der Waals surface area contributed by atoms with E-state index in [-0.39, 0.29) is 12.4 Å². The molecule has 1 unspecified atom stereocenters. The summed E-state index contributed by atoms with van der Waals surface area (Å²) in [6.45, 7) is 11.7. The summed E-state index contributed by atoms with van der Waals surface area (Å²) >= 11 is 0. The number of benzene rings is 1. The zero-order chi connectivity index (χ0) is 15.5. The standard InChI is InChI=1S/C20H30N2.ClH/c1-4-22(5-2)12-11-21-20-8-6-7-17-18-13-15(3)9-10-16(18)14-19(17)20;/h9-10,13,20-21H,4-8,11-12,14H2,1-3H3;1H. The number of nitrogens with one attached hydrogen (secondary N) is 2. The molecular formula is C20H31ClN2. The first-order valence-electron chi connectivity index (χ1n) is 9.11. The van der Waals surface area contributed by atoms with Crippen LogP contribution in [0.4, 0.5) is 0 Å². The van der Waals surface area contributed by atoms with Crippen LogP contribution in [0.5, 0.6) is 0 Å². The number of hydrogen-bond acceptors (Lipinski definition) is 1. The molecule has 0 saturated heterocycles. The van der Waals surface area contributed by atoms with Gasteiger partial charge in [-0.15, -0.1) is 0 Å². The summed E-state index contributed by atoms with van der Waals surface area (Å²) in [6.07, 6.45) is 5.12. The molecule has 0 saturated carbocycles. The molecule has 2 nitrogen and oxygen atoms in total. The summed E-state index contributed by atoms with van der Waals surface area (Å²) in [5.41, 5.74) is 7.86. The molecule has 1 aromatic carbocycles. The van der Waals surface area contributed by atoms with Crippen LogP contribution in [-0.2, 0) is 6.42 Å². The minimum Gasteiger partial charge on any atom is -1.00 e. The molecule has 0 radical (unpaired) electrons. The lowest BCUT2D eigenvalue weighted by Crippen LogP contribution is -3.12. The van der Waals surface area contributed by atoms with Gasteiger partial charge in [-0.2, -0.15) is 0 Å². The quantitative estimate of drug-likeness (QED) is 0.708. The van der Waals surface area contributed by atoms with E-state index < -0.39 is 0 Å². The third-order valence-corrected chi connectivity index (χ3v) is 5.57. The number of allylic oxidation sites excluding steroid dienone is 1. The number of quaternary nitrogens is 1. The summed E-state index contributed by atoms with van der Waals surface area (Å²) < 4.78 is 0. The van der Waals surface area contributed by atoms with Crippen LogP contribution in [0.1, 0.15) is 49.8 Å². The van der Waals surface area contributed by atoms with Crippen LogP contribution >= 0.6 is 0 Å². The predicted octanol–water partition coefficient (Wildman–Crippen LogP) is -0.624. The number of fused-ring (bicyclic) bond motifs is 2. The van der Waals surface area contributed by atoms with E-state index in [0.717, 1.165) is 6.54 Å². The average Bonchev–Trinajstić information content (AvgIpc) is 2.90. The molecule has 1 aromatic rings. The second kappa shape index (κ2) is 8.32. The second-order valence-electron chi connectivity index (χ2n) is 6.95. The van der Waals surface area contributed by atoms with Gasteiger partial charge in [-0.05, 0) is 68.7 Å². The molecule has 2 N–H and O–H groups in total. The van der Waals surface area contributed by atoms with Gasteiger partial charge in [-0.25, -0.2) is 0 Å². The highest BCUT2D eigenvalue weighted by atomic mass is 35.5. The molecule has 3 heteroatoms. The van der Waals surface area contributed by atoms with Crippen molar-refractivity contribution in [2.75, 3.05) is 26.2 Å². The Morgan fingerprint density at radius 1 is 1.22 bits per heavy atom. The molecule has 0 fully saturated rings. The van der Waals surface area contributed by atoms with Crippen molar-refractivity contribution in [3.63, 3.8) is 0 Å². The van der Waals surface area contributed by atoms with Crippen LogP contribution in [0.15, 0.2) is 23.8 Å².